The van der Waals surface area contributed by atoms with Crippen molar-refractivity contribution in [2.45, 2.75) is 45.9 Å². The Morgan fingerprint density at radius 2 is 2.21 bits per heavy atom. The van der Waals surface area contributed by atoms with Gasteiger partial charge in [0, 0.05) is 24.5 Å². The Bertz CT molecular complexity index is 976. The van der Waals surface area contributed by atoms with Crippen LogP contribution in [-0.4, -0.2) is 50.9 Å². The Hall–Kier alpha value is -3.43. The van der Waals surface area contributed by atoms with Crippen molar-refractivity contribution in [3.05, 3.63) is 24.2 Å². The van der Waals surface area contributed by atoms with E-state index < -0.39 is 11.5 Å². The topological polar surface area (TPSA) is 143 Å². The van der Waals surface area contributed by atoms with Crippen molar-refractivity contribution in [2.24, 2.45) is 21.5 Å². The fraction of sp³-hybridized carbons (Fsp3) is 0.421. The van der Waals surface area contributed by atoms with E-state index in [1.165, 1.54) is 6.34 Å². The number of carbonyl (C=O) groups excluding carboxylic acids is 1. The summed E-state index contributed by atoms with van der Waals surface area (Å²) in [6, 6.07) is 1.67. The van der Waals surface area contributed by atoms with E-state index in [0.717, 1.165) is 0 Å². The molecule has 2 aromatic heterocycles. The van der Waals surface area contributed by atoms with Gasteiger partial charge >= 0.3 is 0 Å². The van der Waals surface area contributed by atoms with Crippen molar-refractivity contribution in [3.63, 3.8) is 0 Å². The standard InChI is InChI=1S/C19H25N7O3/c1-11(2)24-16(23-10-20)13-9-26-5-6-28-14-7-15(29-19(3,4)18(21)27)22-8-12(14)17(26)25-13/h7-11H,5-6H2,1-4H3,(H2,21,27)(H2,20,23,24). The summed E-state index contributed by atoms with van der Waals surface area (Å²) in [5, 5.41) is 0. The summed E-state index contributed by atoms with van der Waals surface area (Å²) in [4.78, 5) is 29.1. The molecule has 0 fully saturated rings. The van der Waals surface area contributed by atoms with Crippen molar-refractivity contribution >= 4 is 18.1 Å². The average Bonchev–Trinajstić information content (AvgIpc) is 2.97. The predicted molar refractivity (Wildman–Crippen MR) is 109 cm³/mol. The Morgan fingerprint density at radius 3 is 2.86 bits per heavy atom. The van der Waals surface area contributed by atoms with Crippen molar-refractivity contribution in [3.8, 4) is 23.0 Å². The zero-order valence-electron chi connectivity index (χ0n) is 16.9. The molecule has 0 saturated heterocycles. The predicted octanol–water partition coefficient (Wildman–Crippen LogP) is 1.12. The molecular formula is C19H25N7O3. The summed E-state index contributed by atoms with van der Waals surface area (Å²) in [6.45, 7) is 8.08. The van der Waals surface area contributed by atoms with Gasteiger partial charge in [-0.25, -0.2) is 15.0 Å². The van der Waals surface area contributed by atoms with Crippen LogP contribution in [0.4, 0.5) is 0 Å². The molecule has 3 heterocycles. The van der Waals surface area contributed by atoms with Crippen LogP contribution in [0.5, 0.6) is 11.6 Å². The lowest BCUT2D eigenvalue weighted by Gasteiger charge is -2.22. The number of ether oxygens (including phenoxy) is 2. The van der Waals surface area contributed by atoms with Crippen LogP contribution in [0.1, 0.15) is 33.4 Å². The van der Waals surface area contributed by atoms with Crippen molar-refractivity contribution in [1.82, 2.24) is 14.5 Å². The summed E-state index contributed by atoms with van der Waals surface area (Å²) < 4.78 is 13.4. The minimum absolute atomic E-state index is 0.0424. The highest BCUT2D eigenvalue weighted by Gasteiger charge is 2.29. The second-order valence-corrected chi connectivity index (χ2v) is 7.31. The van der Waals surface area contributed by atoms with E-state index in [9.17, 15) is 4.79 Å². The number of rotatable bonds is 5. The van der Waals surface area contributed by atoms with Gasteiger partial charge in [0.2, 0.25) is 5.88 Å². The maximum absolute atomic E-state index is 11.5. The Morgan fingerprint density at radius 1 is 1.45 bits per heavy atom. The number of primary amides is 1. The van der Waals surface area contributed by atoms with Crippen LogP contribution in [0.25, 0.3) is 11.4 Å². The van der Waals surface area contributed by atoms with E-state index >= 15 is 0 Å². The number of amidine groups is 1. The zero-order valence-corrected chi connectivity index (χ0v) is 16.9. The minimum Gasteiger partial charge on any atom is -0.491 e. The SMILES string of the molecule is CC(C)N=C(N=CN)c1cn2c(n1)-c1cnc(OC(C)(C)C(N)=O)cc1OCC2. The quantitative estimate of drug-likeness (QED) is 0.570. The highest BCUT2D eigenvalue weighted by atomic mass is 16.5. The zero-order chi connectivity index (χ0) is 21.2. The molecule has 0 saturated carbocycles. The summed E-state index contributed by atoms with van der Waals surface area (Å²) in [6.07, 6.45) is 4.66. The number of carbonyl (C=O) groups is 1. The lowest BCUT2D eigenvalue weighted by molar-refractivity contribution is -0.130. The molecule has 0 atom stereocenters. The summed E-state index contributed by atoms with van der Waals surface area (Å²) >= 11 is 0. The van der Waals surface area contributed by atoms with E-state index in [1.807, 2.05) is 24.6 Å². The number of hydrogen-bond donors (Lipinski definition) is 2. The molecule has 0 aliphatic carbocycles. The van der Waals surface area contributed by atoms with E-state index in [1.54, 1.807) is 26.1 Å². The van der Waals surface area contributed by atoms with Gasteiger partial charge in [-0.15, -0.1) is 0 Å². The molecule has 29 heavy (non-hydrogen) atoms. The minimum atomic E-state index is -1.19. The number of nitrogens with zero attached hydrogens (tertiary/aromatic N) is 5. The third kappa shape index (κ3) is 4.36. The molecular weight excluding hydrogens is 374 g/mol. The smallest absolute Gasteiger partial charge is 0.261 e. The molecule has 0 spiro atoms. The van der Waals surface area contributed by atoms with Gasteiger partial charge < -0.3 is 25.5 Å². The lowest BCUT2D eigenvalue weighted by atomic mass is 10.1. The van der Waals surface area contributed by atoms with E-state index in [0.29, 0.717) is 41.8 Å². The first-order valence-corrected chi connectivity index (χ1v) is 9.23. The third-order valence-corrected chi connectivity index (χ3v) is 4.21. The number of aromatic nitrogens is 3. The van der Waals surface area contributed by atoms with Crippen molar-refractivity contribution < 1.29 is 14.3 Å². The van der Waals surface area contributed by atoms with Crippen molar-refractivity contribution in [1.29, 1.82) is 0 Å². The molecule has 10 nitrogen and oxygen atoms in total. The van der Waals surface area contributed by atoms with E-state index in [4.69, 9.17) is 20.9 Å². The van der Waals surface area contributed by atoms with Gasteiger partial charge in [-0.1, -0.05) is 0 Å². The number of hydrogen-bond acceptors (Lipinski definition) is 6. The molecule has 0 unspecified atom stereocenters. The molecule has 0 bridgehead atoms. The Balaban J connectivity index is 2.01. The second-order valence-electron chi connectivity index (χ2n) is 7.31. The summed E-state index contributed by atoms with van der Waals surface area (Å²) in [5.41, 5.74) is 10.9. The molecule has 4 N–H and O–H groups in total. The molecule has 1 aliphatic heterocycles. The van der Waals surface area contributed by atoms with Crippen LogP contribution in [0, 0.1) is 0 Å². The number of aliphatic imine (C=N–C) groups is 2. The van der Waals surface area contributed by atoms with E-state index in [-0.39, 0.29) is 11.9 Å². The van der Waals surface area contributed by atoms with Gasteiger partial charge in [-0.2, -0.15) is 0 Å². The summed E-state index contributed by atoms with van der Waals surface area (Å²) in [7, 11) is 0. The average molecular weight is 399 g/mol. The van der Waals surface area contributed by atoms with E-state index in [2.05, 4.69) is 20.0 Å². The first kappa shape index (κ1) is 20.3. The summed E-state index contributed by atoms with van der Waals surface area (Å²) in [5.74, 6) is 1.33. The van der Waals surface area contributed by atoms with Crippen molar-refractivity contribution in [2.75, 3.05) is 6.61 Å². The van der Waals surface area contributed by atoms with Gasteiger partial charge in [0.05, 0.1) is 18.4 Å². The molecule has 154 valence electrons. The monoisotopic (exact) mass is 399 g/mol. The third-order valence-electron chi connectivity index (χ3n) is 4.21. The largest absolute Gasteiger partial charge is 0.491 e. The van der Waals surface area contributed by atoms with Gasteiger partial charge in [-0.3, -0.25) is 9.79 Å². The van der Waals surface area contributed by atoms with Crippen LogP contribution in [0.2, 0.25) is 0 Å². The maximum atomic E-state index is 11.5. The Labute approximate surface area is 168 Å². The molecule has 0 radical (unpaired) electrons. The van der Waals surface area contributed by atoms with Gasteiger partial charge in [-0.05, 0) is 27.7 Å². The first-order valence-electron chi connectivity index (χ1n) is 9.23. The molecule has 10 heteroatoms. The number of imidazole rings is 1. The van der Waals surface area contributed by atoms with Gasteiger partial charge in [0.15, 0.2) is 11.4 Å². The molecule has 0 aromatic carbocycles. The van der Waals surface area contributed by atoms with Crippen LogP contribution >= 0.6 is 0 Å². The molecule has 1 amide bonds. The lowest BCUT2D eigenvalue weighted by Crippen LogP contribution is -2.43. The van der Waals surface area contributed by atoms with Crippen LogP contribution in [0.15, 0.2) is 28.4 Å². The molecule has 1 aliphatic rings. The number of fused-ring (bicyclic) bond motifs is 3. The number of amides is 1. The molecule has 2 aromatic rings. The Kier molecular flexibility index (Phi) is 5.53. The number of nitrogens with two attached hydrogens (primary N) is 2. The number of pyridine rings is 1. The first-order chi connectivity index (χ1) is 13.7. The van der Waals surface area contributed by atoms with Crippen LogP contribution in [0.3, 0.4) is 0 Å². The van der Waals surface area contributed by atoms with Gasteiger partial charge in [0.25, 0.3) is 5.91 Å². The van der Waals surface area contributed by atoms with Crippen LogP contribution in [-0.2, 0) is 11.3 Å². The fourth-order valence-electron chi connectivity index (χ4n) is 2.72. The highest BCUT2D eigenvalue weighted by molar-refractivity contribution is 6.01. The maximum Gasteiger partial charge on any atom is 0.261 e. The molecule has 3 rings (SSSR count). The van der Waals surface area contributed by atoms with Crippen LogP contribution < -0.4 is 20.9 Å². The van der Waals surface area contributed by atoms with Gasteiger partial charge in [0.1, 0.15) is 23.9 Å². The normalized spacial score (nSPS) is 14.3. The highest BCUT2D eigenvalue weighted by Crippen LogP contribution is 2.34. The second kappa shape index (κ2) is 7.90. The fourth-order valence-corrected chi connectivity index (χ4v) is 2.72.